The maximum atomic E-state index is 11.9. The number of hydrogen-bond acceptors (Lipinski definition) is 3. The minimum absolute atomic E-state index is 0.0661. The topological polar surface area (TPSA) is 67.4 Å². The zero-order chi connectivity index (χ0) is 17.5. The van der Waals surface area contributed by atoms with Crippen molar-refractivity contribution in [2.45, 2.75) is 13.8 Å². The standard InChI is InChI=1S/C18H19IN2O3/c1-12(2)18(23)21-15-4-3-5-16(10-15)24-11-17(22)20-14-8-6-13(19)7-9-14/h3-10,12H,11H2,1-2H3,(H,20,22)(H,21,23). The lowest BCUT2D eigenvalue weighted by atomic mass is 10.2. The molecule has 0 atom stereocenters. The Hall–Kier alpha value is -2.09. The Morgan fingerprint density at radius 3 is 2.42 bits per heavy atom. The number of anilines is 2. The van der Waals surface area contributed by atoms with Crippen molar-refractivity contribution in [1.82, 2.24) is 0 Å². The fourth-order valence-electron chi connectivity index (χ4n) is 1.83. The van der Waals surface area contributed by atoms with Crippen LogP contribution in [-0.2, 0) is 9.59 Å². The fourth-order valence-corrected chi connectivity index (χ4v) is 2.19. The smallest absolute Gasteiger partial charge is 0.262 e. The molecular formula is C18H19IN2O3. The molecule has 0 aromatic heterocycles. The summed E-state index contributed by atoms with van der Waals surface area (Å²) < 4.78 is 6.58. The van der Waals surface area contributed by atoms with Crippen LogP contribution < -0.4 is 15.4 Å². The van der Waals surface area contributed by atoms with Gasteiger partial charge in [-0.05, 0) is 59.0 Å². The second-order valence-electron chi connectivity index (χ2n) is 5.52. The first-order chi connectivity index (χ1) is 11.4. The lowest BCUT2D eigenvalue weighted by Crippen LogP contribution is -2.20. The first-order valence-electron chi connectivity index (χ1n) is 7.53. The third-order valence-electron chi connectivity index (χ3n) is 3.12. The van der Waals surface area contributed by atoms with Crippen LogP contribution in [0.5, 0.6) is 5.75 Å². The van der Waals surface area contributed by atoms with Crippen molar-refractivity contribution >= 4 is 45.8 Å². The predicted octanol–water partition coefficient (Wildman–Crippen LogP) is 3.90. The summed E-state index contributed by atoms with van der Waals surface area (Å²) in [4.78, 5) is 23.6. The van der Waals surface area contributed by atoms with Crippen LogP contribution in [0, 0.1) is 9.49 Å². The van der Waals surface area contributed by atoms with Crippen molar-refractivity contribution in [2.24, 2.45) is 5.92 Å². The van der Waals surface area contributed by atoms with Crippen molar-refractivity contribution in [1.29, 1.82) is 0 Å². The Balaban J connectivity index is 1.88. The SMILES string of the molecule is CC(C)C(=O)Nc1cccc(OCC(=O)Nc2ccc(I)cc2)c1. The zero-order valence-corrected chi connectivity index (χ0v) is 15.7. The largest absolute Gasteiger partial charge is 0.484 e. The maximum Gasteiger partial charge on any atom is 0.262 e. The number of rotatable bonds is 6. The molecule has 0 fully saturated rings. The molecule has 2 rings (SSSR count). The second-order valence-corrected chi connectivity index (χ2v) is 6.76. The molecule has 5 nitrogen and oxygen atoms in total. The van der Waals surface area contributed by atoms with Crippen LogP contribution in [0.3, 0.4) is 0 Å². The molecule has 0 saturated carbocycles. The van der Waals surface area contributed by atoms with E-state index in [1.807, 2.05) is 38.1 Å². The molecule has 24 heavy (non-hydrogen) atoms. The van der Waals surface area contributed by atoms with Gasteiger partial charge in [-0.1, -0.05) is 19.9 Å². The second kappa shape index (κ2) is 8.68. The lowest BCUT2D eigenvalue weighted by molar-refractivity contribution is -0.119. The number of benzene rings is 2. The normalized spacial score (nSPS) is 10.3. The van der Waals surface area contributed by atoms with E-state index in [1.54, 1.807) is 24.3 Å². The highest BCUT2D eigenvalue weighted by Gasteiger charge is 2.08. The highest BCUT2D eigenvalue weighted by atomic mass is 127. The lowest BCUT2D eigenvalue weighted by Gasteiger charge is -2.11. The van der Waals surface area contributed by atoms with E-state index < -0.39 is 0 Å². The molecule has 0 unspecified atom stereocenters. The van der Waals surface area contributed by atoms with Crippen molar-refractivity contribution in [3.05, 3.63) is 52.1 Å². The van der Waals surface area contributed by atoms with Crippen LogP contribution in [0.15, 0.2) is 48.5 Å². The Morgan fingerprint density at radius 2 is 1.75 bits per heavy atom. The van der Waals surface area contributed by atoms with Gasteiger partial charge in [0.2, 0.25) is 5.91 Å². The summed E-state index contributed by atoms with van der Waals surface area (Å²) in [5.41, 5.74) is 1.37. The van der Waals surface area contributed by atoms with E-state index in [9.17, 15) is 9.59 Å². The summed E-state index contributed by atoms with van der Waals surface area (Å²) in [5, 5.41) is 5.56. The summed E-state index contributed by atoms with van der Waals surface area (Å²) in [6, 6.07) is 14.5. The Bertz CT molecular complexity index is 714. The third-order valence-corrected chi connectivity index (χ3v) is 3.84. The van der Waals surface area contributed by atoms with Gasteiger partial charge in [-0.25, -0.2) is 0 Å². The fraction of sp³-hybridized carbons (Fsp3) is 0.222. The summed E-state index contributed by atoms with van der Waals surface area (Å²) in [7, 11) is 0. The molecular weight excluding hydrogens is 419 g/mol. The molecule has 0 aliphatic carbocycles. The Morgan fingerprint density at radius 1 is 1.04 bits per heavy atom. The number of amides is 2. The first kappa shape index (κ1) is 18.3. The van der Waals surface area contributed by atoms with E-state index in [4.69, 9.17) is 4.74 Å². The number of carbonyl (C=O) groups is 2. The number of hydrogen-bond donors (Lipinski definition) is 2. The van der Waals surface area contributed by atoms with E-state index >= 15 is 0 Å². The van der Waals surface area contributed by atoms with Crippen LogP contribution in [0.2, 0.25) is 0 Å². The minimum Gasteiger partial charge on any atom is -0.484 e. The zero-order valence-electron chi connectivity index (χ0n) is 13.5. The van der Waals surface area contributed by atoms with Crippen molar-refractivity contribution < 1.29 is 14.3 Å². The quantitative estimate of drug-likeness (QED) is 0.673. The summed E-state index contributed by atoms with van der Waals surface area (Å²) in [6.07, 6.45) is 0. The minimum atomic E-state index is -0.243. The van der Waals surface area contributed by atoms with Crippen LogP contribution in [0.1, 0.15) is 13.8 Å². The van der Waals surface area contributed by atoms with Gasteiger partial charge < -0.3 is 15.4 Å². The van der Waals surface area contributed by atoms with Crippen LogP contribution >= 0.6 is 22.6 Å². The highest BCUT2D eigenvalue weighted by molar-refractivity contribution is 14.1. The average molecular weight is 438 g/mol. The molecule has 0 bridgehead atoms. The van der Waals surface area contributed by atoms with E-state index in [2.05, 4.69) is 33.2 Å². The van der Waals surface area contributed by atoms with Crippen molar-refractivity contribution in [3.8, 4) is 5.75 Å². The number of nitrogens with one attached hydrogen (secondary N) is 2. The molecule has 0 radical (unpaired) electrons. The van der Waals surface area contributed by atoms with Crippen molar-refractivity contribution in [3.63, 3.8) is 0 Å². The summed E-state index contributed by atoms with van der Waals surface area (Å²) in [5.74, 6) is 0.111. The molecule has 2 aromatic carbocycles. The third kappa shape index (κ3) is 5.84. The average Bonchev–Trinajstić information content (AvgIpc) is 2.55. The van der Waals surface area contributed by atoms with E-state index in [1.165, 1.54) is 0 Å². The van der Waals surface area contributed by atoms with E-state index in [0.717, 1.165) is 9.26 Å². The van der Waals surface area contributed by atoms with Gasteiger partial charge in [0.05, 0.1) is 0 Å². The molecule has 0 heterocycles. The highest BCUT2D eigenvalue weighted by Crippen LogP contribution is 2.18. The molecule has 6 heteroatoms. The van der Waals surface area contributed by atoms with Crippen molar-refractivity contribution in [2.75, 3.05) is 17.2 Å². The first-order valence-corrected chi connectivity index (χ1v) is 8.61. The molecule has 0 spiro atoms. The predicted molar refractivity (Wildman–Crippen MR) is 103 cm³/mol. The van der Waals surface area contributed by atoms with Gasteiger partial charge in [0.15, 0.2) is 6.61 Å². The molecule has 0 aliphatic rings. The van der Waals surface area contributed by atoms with Crippen LogP contribution in [0.25, 0.3) is 0 Å². The van der Waals surface area contributed by atoms with Gasteiger partial charge >= 0.3 is 0 Å². The molecule has 126 valence electrons. The summed E-state index contributed by atoms with van der Waals surface area (Å²) in [6.45, 7) is 3.54. The van der Waals surface area contributed by atoms with Crippen LogP contribution in [-0.4, -0.2) is 18.4 Å². The molecule has 2 N–H and O–H groups in total. The van der Waals surface area contributed by atoms with E-state index in [0.29, 0.717) is 11.4 Å². The molecule has 0 aliphatic heterocycles. The molecule has 2 amide bonds. The van der Waals surface area contributed by atoms with E-state index in [-0.39, 0.29) is 24.3 Å². The van der Waals surface area contributed by atoms with Gasteiger partial charge in [-0.3, -0.25) is 9.59 Å². The van der Waals surface area contributed by atoms with Gasteiger partial charge in [-0.15, -0.1) is 0 Å². The van der Waals surface area contributed by atoms with Gasteiger partial charge in [0, 0.05) is 26.9 Å². The Kier molecular flexibility index (Phi) is 6.60. The maximum absolute atomic E-state index is 11.9. The summed E-state index contributed by atoms with van der Waals surface area (Å²) >= 11 is 2.20. The monoisotopic (exact) mass is 438 g/mol. The van der Waals surface area contributed by atoms with Crippen LogP contribution in [0.4, 0.5) is 11.4 Å². The molecule has 0 saturated heterocycles. The van der Waals surface area contributed by atoms with Gasteiger partial charge in [-0.2, -0.15) is 0 Å². The van der Waals surface area contributed by atoms with Gasteiger partial charge in [0.1, 0.15) is 5.75 Å². The molecule has 2 aromatic rings. The van der Waals surface area contributed by atoms with Gasteiger partial charge in [0.25, 0.3) is 5.91 Å². The number of halogens is 1. The number of carbonyl (C=O) groups excluding carboxylic acids is 2. The Labute approximate surface area is 154 Å². The number of ether oxygens (including phenoxy) is 1.